The first-order chi connectivity index (χ1) is 13.5. The number of hydrogen-bond donors (Lipinski definition) is 1. The van der Waals surface area contributed by atoms with E-state index in [0.29, 0.717) is 12.1 Å². The lowest BCUT2D eigenvalue weighted by Gasteiger charge is -2.30. The zero-order valence-electron chi connectivity index (χ0n) is 16.5. The number of halogens is 6. The van der Waals surface area contributed by atoms with Crippen molar-refractivity contribution in [1.82, 2.24) is 4.90 Å². The van der Waals surface area contributed by atoms with Crippen LogP contribution in [0.1, 0.15) is 44.4 Å². The molecule has 4 nitrogen and oxygen atoms in total. The van der Waals surface area contributed by atoms with Crippen molar-refractivity contribution in [3.63, 3.8) is 0 Å². The van der Waals surface area contributed by atoms with Gasteiger partial charge in [0.25, 0.3) is 5.91 Å². The molecule has 1 aliphatic heterocycles. The standard InChI is InChI=1S/C14H13F6NO3S.2C2H6/c15-13(16,17)9-3-8(4-10(5-9)14(18,19)20)6-24-12-11(22)21(7-25)1-2-23-12;2*1-2/h3-5,12,25H,1-2,6-7H2;2*1-2H3/t12-;;/m1../s1. The predicted molar refractivity (Wildman–Crippen MR) is 99.2 cm³/mol. The molecule has 168 valence electrons. The lowest BCUT2D eigenvalue weighted by atomic mass is 10.1. The lowest BCUT2D eigenvalue weighted by Crippen LogP contribution is -2.48. The molecule has 0 saturated carbocycles. The molecule has 2 rings (SSSR count). The lowest BCUT2D eigenvalue weighted by molar-refractivity contribution is -0.199. The number of ether oxygens (including phenoxy) is 2. The van der Waals surface area contributed by atoms with Crippen molar-refractivity contribution in [2.24, 2.45) is 0 Å². The number of benzene rings is 1. The summed E-state index contributed by atoms with van der Waals surface area (Å²) < 4.78 is 86.8. The van der Waals surface area contributed by atoms with Crippen LogP contribution < -0.4 is 0 Å². The maximum absolute atomic E-state index is 12.8. The fourth-order valence-corrected chi connectivity index (χ4v) is 2.42. The zero-order chi connectivity index (χ0) is 22.8. The highest BCUT2D eigenvalue weighted by atomic mass is 32.1. The number of alkyl halides is 6. The van der Waals surface area contributed by atoms with Crippen molar-refractivity contribution >= 4 is 18.5 Å². The Kier molecular flexibility index (Phi) is 11.7. The number of thiol groups is 1. The highest BCUT2D eigenvalue weighted by molar-refractivity contribution is 7.80. The number of carbonyl (C=O) groups excluding carboxylic acids is 1. The van der Waals surface area contributed by atoms with Crippen molar-refractivity contribution in [2.45, 2.75) is 52.9 Å². The number of amides is 1. The normalized spacial score (nSPS) is 17.1. The molecule has 1 atom stereocenters. The molecule has 0 aromatic heterocycles. The molecule has 1 amide bonds. The SMILES string of the molecule is CC.CC.O=C1[C@@H](OCc2cc(C(F)(F)F)cc(C(F)(F)F)c2)OCCN1CS. The third-order valence-electron chi connectivity index (χ3n) is 3.36. The Morgan fingerprint density at radius 3 is 1.93 bits per heavy atom. The van der Waals surface area contributed by atoms with Gasteiger partial charge in [0.15, 0.2) is 0 Å². The van der Waals surface area contributed by atoms with Crippen molar-refractivity contribution in [2.75, 3.05) is 19.0 Å². The summed E-state index contributed by atoms with van der Waals surface area (Å²) in [6, 6.07) is 1.10. The van der Waals surface area contributed by atoms with Crippen LogP contribution in [0, 0.1) is 0 Å². The molecule has 1 aromatic rings. The van der Waals surface area contributed by atoms with Crippen LogP contribution in [0.5, 0.6) is 0 Å². The van der Waals surface area contributed by atoms with Crippen molar-refractivity contribution in [3.05, 3.63) is 34.9 Å². The molecule has 11 heteroatoms. The third kappa shape index (κ3) is 8.43. The fourth-order valence-electron chi connectivity index (χ4n) is 2.13. The van der Waals surface area contributed by atoms with E-state index >= 15 is 0 Å². The second-order valence-electron chi connectivity index (χ2n) is 5.17. The van der Waals surface area contributed by atoms with Crippen LogP contribution in [0.4, 0.5) is 26.3 Å². The molecule has 1 aliphatic rings. The first-order valence-corrected chi connectivity index (χ1v) is 9.57. The maximum Gasteiger partial charge on any atom is 0.416 e. The molecule has 1 heterocycles. The summed E-state index contributed by atoms with van der Waals surface area (Å²) in [5.74, 6) is -0.506. The van der Waals surface area contributed by atoms with E-state index < -0.39 is 42.3 Å². The number of morpholine rings is 1. The Labute approximate surface area is 171 Å². The zero-order valence-corrected chi connectivity index (χ0v) is 17.4. The van der Waals surface area contributed by atoms with Gasteiger partial charge in [0.2, 0.25) is 6.29 Å². The van der Waals surface area contributed by atoms with E-state index in [4.69, 9.17) is 9.47 Å². The minimum Gasteiger partial charge on any atom is -0.343 e. The number of hydrogen-bond acceptors (Lipinski definition) is 4. The van der Waals surface area contributed by atoms with Gasteiger partial charge in [-0.25, -0.2) is 0 Å². The van der Waals surface area contributed by atoms with Crippen LogP contribution in [-0.2, 0) is 33.2 Å². The highest BCUT2D eigenvalue weighted by Gasteiger charge is 2.37. The quantitative estimate of drug-likeness (QED) is 0.497. The Morgan fingerprint density at radius 1 is 1.03 bits per heavy atom. The minimum absolute atomic E-state index is 0.0222. The van der Waals surface area contributed by atoms with Gasteiger partial charge in [-0.2, -0.15) is 39.0 Å². The third-order valence-corrected chi connectivity index (χ3v) is 3.70. The van der Waals surface area contributed by atoms with Crippen molar-refractivity contribution in [1.29, 1.82) is 0 Å². The predicted octanol–water partition coefficient (Wildman–Crippen LogP) is 5.37. The molecule has 0 unspecified atom stereocenters. The Bertz CT molecular complexity index is 605. The van der Waals surface area contributed by atoms with E-state index in [2.05, 4.69) is 12.6 Å². The molecule has 1 saturated heterocycles. The Balaban J connectivity index is 0.00000184. The summed E-state index contributed by atoms with van der Waals surface area (Å²) in [4.78, 5) is 13.2. The van der Waals surface area contributed by atoms with Crippen LogP contribution >= 0.6 is 12.6 Å². The van der Waals surface area contributed by atoms with E-state index in [1.807, 2.05) is 27.7 Å². The molecule has 0 N–H and O–H groups in total. The van der Waals surface area contributed by atoms with Crippen LogP contribution in [-0.4, -0.2) is 36.1 Å². The van der Waals surface area contributed by atoms with Crippen LogP contribution in [0.2, 0.25) is 0 Å². The molecule has 0 spiro atoms. The van der Waals surface area contributed by atoms with E-state index in [1.165, 1.54) is 4.90 Å². The molecular weight excluding hydrogens is 424 g/mol. The monoisotopic (exact) mass is 449 g/mol. The first kappa shape index (κ1) is 27.5. The molecule has 1 fully saturated rings. The van der Waals surface area contributed by atoms with Gasteiger partial charge in [-0.15, -0.1) is 0 Å². The van der Waals surface area contributed by atoms with Gasteiger partial charge in [0.1, 0.15) is 0 Å². The van der Waals surface area contributed by atoms with Gasteiger partial charge in [-0.3, -0.25) is 4.79 Å². The molecule has 1 aromatic carbocycles. The topological polar surface area (TPSA) is 38.8 Å². The maximum atomic E-state index is 12.8. The van der Waals surface area contributed by atoms with Crippen molar-refractivity contribution in [3.8, 4) is 0 Å². The van der Waals surface area contributed by atoms with Crippen LogP contribution in [0.3, 0.4) is 0 Å². The summed E-state index contributed by atoms with van der Waals surface area (Å²) in [5, 5.41) is 0. The average molecular weight is 449 g/mol. The summed E-state index contributed by atoms with van der Waals surface area (Å²) in [6.07, 6.45) is -11.3. The van der Waals surface area contributed by atoms with Crippen LogP contribution in [0.25, 0.3) is 0 Å². The number of carbonyl (C=O) groups is 1. The summed E-state index contributed by atoms with van der Waals surface area (Å²) >= 11 is 3.94. The highest BCUT2D eigenvalue weighted by Crippen LogP contribution is 2.36. The summed E-state index contributed by atoms with van der Waals surface area (Å²) in [6.45, 7) is 7.74. The van der Waals surface area contributed by atoms with E-state index in [-0.39, 0.29) is 30.7 Å². The molecule has 0 aliphatic carbocycles. The second kappa shape index (κ2) is 12.3. The molecule has 29 heavy (non-hydrogen) atoms. The summed E-state index contributed by atoms with van der Waals surface area (Å²) in [5.41, 5.74) is -3.27. The summed E-state index contributed by atoms with van der Waals surface area (Å²) in [7, 11) is 0. The second-order valence-corrected chi connectivity index (χ2v) is 5.45. The van der Waals surface area contributed by atoms with Gasteiger partial charge in [0.05, 0.1) is 30.2 Å². The molecule has 0 bridgehead atoms. The number of rotatable bonds is 4. The Morgan fingerprint density at radius 2 is 1.52 bits per heavy atom. The minimum atomic E-state index is -4.95. The fraction of sp³-hybridized carbons (Fsp3) is 0.611. The number of nitrogens with zero attached hydrogens (tertiary/aromatic N) is 1. The Hall–Kier alpha value is -1.46. The van der Waals surface area contributed by atoms with Crippen molar-refractivity contribution < 1.29 is 40.6 Å². The largest absolute Gasteiger partial charge is 0.416 e. The van der Waals surface area contributed by atoms with E-state index in [1.54, 1.807) is 0 Å². The molecular formula is C18H25F6NO3S. The van der Waals surface area contributed by atoms with E-state index in [9.17, 15) is 31.1 Å². The van der Waals surface area contributed by atoms with Gasteiger partial charge < -0.3 is 14.4 Å². The van der Waals surface area contributed by atoms with Crippen LogP contribution in [0.15, 0.2) is 18.2 Å². The van der Waals surface area contributed by atoms with E-state index in [0.717, 1.165) is 0 Å². The average Bonchev–Trinajstić information content (AvgIpc) is 2.69. The van der Waals surface area contributed by atoms with Gasteiger partial charge in [-0.1, -0.05) is 27.7 Å². The first-order valence-electron chi connectivity index (χ1n) is 8.93. The van der Waals surface area contributed by atoms with Gasteiger partial charge in [0, 0.05) is 6.54 Å². The van der Waals surface area contributed by atoms with Gasteiger partial charge >= 0.3 is 12.4 Å². The van der Waals surface area contributed by atoms with Gasteiger partial charge in [-0.05, 0) is 23.8 Å². The smallest absolute Gasteiger partial charge is 0.343 e. The molecule has 0 radical (unpaired) electrons.